The molecule has 6 nitrogen and oxygen atoms in total. The molecular weight excluding hydrogens is 366 g/mol. The molecule has 1 amide bonds. The van der Waals surface area contributed by atoms with Gasteiger partial charge in [0.2, 0.25) is 5.91 Å². The molecule has 2 aromatic rings. The number of rotatable bonds is 4. The number of carbonyl (C=O) groups is 1. The van der Waals surface area contributed by atoms with E-state index < -0.39 is 9.84 Å². The fourth-order valence-electron chi connectivity index (χ4n) is 3.28. The summed E-state index contributed by atoms with van der Waals surface area (Å²) in [4.78, 5) is 11.7. The Kier molecular flexibility index (Phi) is 4.39. The van der Waals surface area contributed by atoms with E-state index >= 15 is 0 Å². The first-order valence-corrected chi connectivity index (χ1v) is 10.3. The Bertz CT molecular complexity index is 1040. The lowest BCUT2D eigenvalue weighted by Crippen LogP contribution is -2.28. The summed E-state index contributed by atoms with van der Waals surface area (Å²) in [5.74, 6) is 1.91. The lowest BCUT2D eigenvalue weighted by Gasteiger charge is -2.25. The highest BCUT2D eigenvalue weighted by molar-refractivity contribution is 7.91. The second-order valence-electron chi connectivity index (χ2n) is 6.56. The summed E-state index contributed by atoms with van der Waals surface area (Å²) < 4.78 is 36.5. The van der Waals surface area contributed by atoms with Gasteiger partial charge in [-0.25, -0.2) is 8.42 Å². The molecule has 0 saturated carbocycles. The predicted molar refractivity (Wildman–Crippen MR) is 99.3 cm³/mol. The van der Waals surface area contributed by atoms with Crippen LogP contribution in [0.4, 0.5) is 0 Å². The average molecular weight is 385 g/mol. The number of sulfone groups is 1. The largest absolute Gasteiger partial charge is 0.454 e. The van der Waals surface area contributed by atoms with Crippen molar-refractivity contribution >= 4 is 15.7 Å². The van der Waals surface area contributed by atoms with Gasteiger partial charge in [0.15, 0.2) is 27.1 Å². The molecule has 27 heavy (non-hydrogen) atoms. The first-order chi connectivity index (χ1) is 12.9. The van der Waals surface area contributed by atoms with Crippen molar-refractivity contribution in [3.63, 3.8) is 0 Å². The highest BCUT2D eigenvalue weighted by Gasteiger charge is 2.34. The second-order valence-corrected chi connectivity index (χ2v) is 8.64. The molecule has 0 bridgehead atoms. The summed E-state index contributed by atoms with van der Waals surface area (Å²) >= 11 is 0. The number of allylic oxidation sites excluding steroid dienone is 1. The molecular formula is C20H19NO5S. The van der Waals surface area contributed by atoms with Gasteiger partial charge in [0, 0.05) is 18.9 Å². The summed E-state index contributed by atoms with van der Waals surface area (Å²) in [7, 11) is -3.27. The summed E-state index contributed by atoms with van der Waals surface area (Å²) in [6, 6.07) is 13.0. The van der Waals surface area contributed by atoms with Crippen molar-refractivity contribution in [3.05, 3.63) is 65.1 Å². The Morgan fingerprint density at radius 2 is 1.85 bits per heavy atom. The highest BCUT2D eigenvalue weighted by Crippen LogP contribution is 2.44. The van der Waals surface area contributed by atoms with E-state index in [0.29, 0.717) is 46.3 Å². The molecule has 4 rings (SSSR count). The Morgan fingerprint density at radius 3 is 2.59 bits per heavy atom. The van der Waals surface area contributed by atoms with Gasteiger partial charge in [-0.1, -0.05) is 30.3 Å². The van der Waals surface area contributed by atoms with Crippen LogP contribution in [-0.2, 0) is 27.5 Å². The topological polar surface area (TPSA) is 81.7 Å². The molecule has 2 aliphatic rings. The van der Waals surface area contributed by atoms with Gasteiger partial charge in [-0.05, 0) is 24.1 Å². The van der Waals surface area contributed by atoms with Gasteiger partial charge in [0.05, 0.1) is 17.2 Å². The number of ether oxygens (including phenoxy) is 2. The number of fused-ring (bicyclic) bond motifs is 3. The number of carbonyl (C=O) groups excluding carboxylic acids is 1. The fourth-order valence-corrected chi connectivity index (χ4v) is 4.82. The van der Waals surface area contributed by atoms with E-state index in [1.165, 1.54) is 6.92 Å². The number of amides is 1. The van der Waals surface area contributed by atoms with Crippen molar-refractivity contribution in [2.75, 3.05) is 12.3 Å². The number of benzene rings is 2. The fraction of sp³-hybridized carbons (Fsp3) is 0.250. The van der Waals surface area contributed by atoms with Crippen LogP contribution in [0.2, 0.25) is 0 Å². The molecule has 2 aromatic carbocycles. The number of hydrogen-bond acceptors (Lipinski definition) is 5. The van der Waals surface area contributed by atoms with Crippen molar-refractivity contribution in [2.45, 2.75) is 24.7 Å². The van der Waals surface area contributed by atoms with Crippen LogP contribution >= 0.6 is 0 Å². The second kappa shape index (κ2) is 6.74. The van der Waals surface area contributed by atoms with Gasteiger partial charge in [0.25, 0.3) is 0 Å². The van der Waals surface area contributed by atoms with Crippen LogP contribution in [-0.4, -0.2) is 26.6 Å². The van der Waals surface area contributed by atoms with Crippen LogP contribution in [0.5, 0.6) is 11.5 Å². The summed E-state index contributed by atoms with van der Waals surface area (Å²) in [6.07, 6.45) is 0.899. The maximum atomic E-state index is 12.2. The first-order valence-electron chi connectivity index (χ1n) is 8.69. The Hall–Kier alpha value is -2.80. The molecule has 0 fully saturated rings. The normalized spacial score (nSPS) is 16.8. The summed E-state index contributed by atoms with van der Waals surface area (Å²) in [5.41, 5.74) is 1.69. The van der Waals surface area contributed by atoms with E-state index in [0.717, 1.165) is 5.56 Å². The highest BCUT2D eigenvalue weighted by atomic mass is 32.2. The molecule has 1 N–H and O–H groups in total. The molecule has 0 radical (unpaired) electrons. The average Bonchev–Trinajstić information content (AvgIpc) is 2.96. The third kappa shape index (κ3) is 3.42. The molecule has 0 aliphatic carbocycles. The van der Waals surface area contributed by atoms with Crippen molar-refractivity contribution in [2.24, 2.45) is 0 Å². The SMILES string of the molecule is CC(=O)NCC1=C(Cc2ccccc2)Oc2ccc3c(c2O1)CCS3(=O)=O. The lowest BCUT2D eigenvalue weighted by molar-refractivity contribution is -0.118. The molecule has 2 heterocycles. The molecule has 0 saturated heterocycles. The van der Waals surface area contributed by atoms with Crippen LogP contribution in [0.15, 0.2) is 58.9 Å². The predicted octanol–water partition coefficient (Wildman–Crippen LogP) is 2.38. The van der Waals surface area contributed by atoms with Gasteiger partial charge in [-0.15, -0.1) is 0 Å². The van der Waals surface area contributed by atoms with E-state index in [1.807, 2.05) is 30.3 Å². The van der Waals surface area contributed by atoms with E-state index in [1.54, 1.807) is 12.1 Å². The molecule has 140 valence electrons. The van der Waals surface area contributed by atoms with Crippen molar-refractivity contribution in [1.29, 1.82) is 0 Å². The van der Waals surface area contributed by atoms with Crippen LogP contribution in [0, 0.1) is 0 Å². The van der Waals surface area contributed by atoms with Crippen LogP contribution in [0.25, 0.3) is 0 Å². The molecule has 0 atom stereocenters. The minimum absolute atomic E-state index is 0.0732. The van der Waals surface area contributed by atoms with Crippen molar-refractivity contribution < 1.29 is 22.7 Å². The molecule has 0 aromatic heterocycles. The van der Waals surface area contributed by atoms with Crippen LogP contribution in [0.3, 0.4) is 0 Å². The third-order valence-electron chi connectivity index (χ3n) is 4.61. The van der Waals surface area contributed by atoms with Crippen molar-refractivity contribution in [3.8, 4) is 11.5 Å². The lowest BCUT2D eigenvalue weighted by atomic mass is 10.1. The van der Waals surface area contributed by atoms with Gasteiger partial charge in [-0.3, -0.25) is 4.79 Å². The van der Waals surface area contributed by atoms with E-state index in [-0.39, 0.29) is 18.2 Å². The van der Waals surface area contributed by atoms with Crippen LogP contribution in [0.1, 0.15) is 18.1 Å². The maximum Gasteiger partial charge on any atom is 0.217 e. The molecule has 2 aliphatic heterocycles. The van der Waals surface area contributed by atoms with Crippen LogP contribution < -0.4 is 14.8 Å². The smallest absolute Gasteiger partial charge is 0.217 e. The molecule has 7 heteroatoms. The zero-order chi connectivity index (χ0) is 19.0. The molecule has 0 spiro atoms. The van der Waals surface area contributed by atoms with Gasteiger partial charge >= 0.3 is 0 Å². The van der Waals surface area contributed by atoms with E-state index in [2.05, 4.69) is 5.32 Å². The van der Waals surface area contributed by atoms with E-state index in [4.69, 9.17) is 9.47 Å². The Morgan fingerprint density at radius 1 is 1.07 bits per heavy atom. The van der Waals surface area contributed by atoms with Gasteiger partial charge < -0.3 is 14.8 Å². The van der Waals surface area contributed by atoms with Crippen molar-refractivity contribution in [1.82, 2.24) is 5.32 Å². The third-order valence-corrected chi connectivity index (χ3v) is 6.41. The minimum atomic E-state index is -3.27. The zero-order valence-electron chi connectivity index (χ0n) is 14.8. The summed E-state index contributed by atoms with van der Waals surface area (Å²) in [6.45, 7) is 1.60. The number of hydrogen-bond donors (Lipinski definition) is 1. The Labute approximate surface area is 157 Å². The quantitative estimate of drug-likeness (QED) is 0.874. The Balaban J connectivity index is 1.72. The first kappa shape index (κ1) is 17.6. The minimum Gasteiger partial charge on any atom is -0.454 e. The van der Waals surface area contributed by atoms with Gasteiger partial charge in [0.1, 0.15) is 5.76 Å². The zero-order valence-corrected chi connectivity index (χ0v) is 15.6. The summed E-state index contributed by atoms with van der Waals surface area (Å²) in [5, 5.41) is 2.73. The van der Waals surface area contributed by atoms with E-state index in [9.17, 15) is 13.2 Å². The maximum absolute atomic E-state index is 12.2. The number of nitrogens with one attached hydrogen (secondary N) is 1. The monoisotopic (exact) mass is 385 g/mol. The standard InChI is InChI=1S/C20H19NO5S/c1-13(22)21-12-18-17(11-14-5-3-2-4-6-14)25-16-7-8-19-15(20(16)26-18)9-10-27(19,23)24/h2-8H,9-12H2,1H3,(H,21,22). The molecule has 0 unspecified atom stereocenters. The van der Waals surface area contributed by atoms with Gasteiger partial charge in [-0.2, -0.15) is 0 Å².